The van der Waals surface area contributed by atoms with Gasteiger partial charge in [-0.05, 0) is 47.7 Å². The highest BCUT2D eigenvalue weighted by Crippen LogP contribution is 2.32. The molecule has 1 heterocycles. The van der Waals surface area contributed by atoms with Gasteiger partial charge in [0.05, 0.1) is 19.4 Å². The number of benzene rings is 2. The predicted molar refractivity (Wildman–Crippen MR) is 133 cm³/mol. The number of anilines is 1. The lowest BCUT2D eigenvalue weighted by molar-refractivity contribution is -0.169. The summed E-state index contributed by atoms with van der Waals surface area (Å²) in [6.07, 6.45) is -2.94. The lowest BCUT2D eigenvalue weighted by atomic mass is 10.1. The normalized spacial score (nSPS) is 12.2. The second-order valence-electron chi connectivity index (χ2n) is 8.09. The molecule has 0 aliphatic carbocycles. The minimum atomic E-state index is -5.18. The van der Waals surface area contributed by atoms with Crippen LogP contribution in [0.15, 0.2) is 47.0 Å². The fourth-order valence-corrected chi connectivity index (χ4v) is 4.85. The van der Waals surface area contributed by atoms with Crippen molar-refractivity contribution in [2.75, 3.05) is 25.2 Å². The van der Waals surface area contributed by atoms with Gasteiger partial charge in [-0.2, -0.15) is 17.5 Å². The number of hydrogen-bond acceptors (Lipinski definition) is 6. The van der Waals surface area contributed by atoms with Crippen LogP contribution in [-0.4, -0.2) is 46.1 Å². The average molecular weight is 581 g/mol. The van der Waals surface area contributed by atoms with E-state index in [9.17, 15) is 31.3 Å². The van der Waals surface area contributed by atoms with Gasteiger partial charge in [-0.25, -0.2) is 18.7 Å². The molecular weight excluding hydrogens is 559 g/mol. The highest BCUT2D eigenvalue weighted by Gasteiger charge is 2.39. The fourth-order valence-electron chi connectivity index (χ4n) is 3.27. The SMILES string of the molecule is C[SH](O)(Cc1cc(N)cc(OCCCOc2cc(F)ccc2-c2nc(Cl)ncc2F)c1)=NC(=O)C(F)(F)F. The van der Waals surface area contributed by atoms with Crippen LogP contribution >= 0.6 is 11.6 Å². The van der Waals surface area contributed by atoms with Crippen molar-refractivity contribution in [2.45, 2.75) is 18.3 Å². The van der Waals surface area contributed by atoms with E-state index in [1.165, 1.54) is 24.3 Å². The summed E-state index contributed by atoms with van der Waals surface area (Å²) < 4.78 is 89.9. The summed E-state index contributed by atoms with van der Waals surface area (Å²) in [5, 5.41) is -0.198. The first-order valence-electron chi connectivity index (χ1n) is 10.8. The largest absolute Gasteiger partial charge is 0.493 e. The number of nitrogen functional groups attached to an aromatic ring is 1. The second kappa shape index (κ2) is 12.0. The number of ether oxygens (including phenoxy) is 2. The smallest absolute Gasteiger partial charge is 0.474 e. The van der Waals surface area contributed by atoms with Gasteiger partial charge in [0, 0.05) is 35.6 Å². The molecule has 2 aromatic carbocycles. The van der Waals surface area contributed by atoms with E-state index in [2.05, 4.69) is 14.3 Å². The van der Waals surface area contributed by atoms with Crippen molar-refractivity contribution in [2.24, 2.45) is 4.36 Å². The van der Waals surface area contributed by atoms with E-state index in [1.54, 1.807) is 0 Å². The van der Waals surface area contributed by atoms with Gasteiger partial charge >= 0.3 is 12.1 Å². The Morgan fingerprint density at radius 3 is 2.58 bits per heavy atom. The van der Waals surface area contributed by atoms with Crippen molar-refractivity contribution in [1.29, 1.82) is 0 Å². The molecule has 38 heavy (non-hydrogen) atoms. The molecule has 0 fully saturated rings. The summed E-state index contributed by atoms with van der Waals surface area (Å²) in [5.74, 6) is -3.80. The quantitative estimate of drug-likeness (QED) is 0.104. The molecule has 206 valence electrons. The van der Waals surface area contributed by atoms with Crippen LogP contribution < -0.4 is 15.2 Å². The van der Waals surface area contributed by atoms with Crippen molar-refractivity contribution in [3.63, 3.8) is 0 Å². The van der Waals surface area contributed by atoms with Gasteiger partial charge in [0.2, 0.25) is 5.28 Å². The molecule has 1 amide bonds. The number of halogens is 6. The number of alkyl halides is 3. The molecule has 0 saturated heterocycles. The molecule has 3 aromatic rings. The van der Waals surface area contributed by atoms with Crippen LogP contribution in [0.2, 0.25) is 5.28 Å². The Bertz CT molecular complexity index is 1380. The van der Waals surface area contributed by atoms with Gasteiger partial charge in [0.25, 0.3) is 0 Å². The minimum absolute atomic E-state index is 0.0215. The average Bonchev–Trinajstić information content (AvgIpc) is 2.79. The van der Waals surface area contributed by atoms with Gasteiger partial charge in [-0.1, -0.05) is 0 Å². The number of hydrogen-bond donors (Lipinski definition) is 3. The number of thiol groups is 1. The summed E-state index contributed by atoms with van der Waals surface area (Å²) in [6.45, 7) is 0.119. The number of rotatable bonds is 9. The summed E-state index contributed by atoms with van der Waals surface area (Å²) in [7, 11) is -3.62. The second-order valence-corrected chi connectivity index (χ2v) is 11.1. The molecule has 0 bridgehead atoms. The van der Waals surface area contributed by atoms with Crippen LogP contribution in [0.3, 0.4) is 0 Å². The molecule has 0 atom stereocenters. The number of carbonyl (C=O) groups excluding carboxylic acids is 1. The third kappa shape index (κ3) is 8.33. The molecule has 0 spiro atoms. The molecule has 3 N–H and O–H groups in total. The van der Waals surface area contributed by atoms with Gasteiger partial charge in [-0.15, -0.1) is 10.1 Å². The van der Waals surface area contributed by atoms with E-state index < -0.39 is 33.8 Å². The van der Waals surface area contributed by atoms with Gasteiger partial charge in [0.1, 0.15) is 23.0 Å². The Labute approximate surface area is 219 Å². The maximum Gasteiger partial charge on any atom is 0.474 e. The summed E-state index contributed by atoms with van der Waals surface area (Å²) in [6, 6.07) is 7.81. The Hall–Kier alpha value is -3.36. The molecule has 15 heteroatoms. The first kappa shape index (κ1) is 29.2. The summed E-state index contributed by atoms with van der Waals surface area (Å²) >= 11 is 5.75. The minimum Gasteiger partial charge on any atom is -0.493 e. The third-order valence-electron chi connectivity index (χ3n) is 4.75. The molecule has 0 aliphatic heterocycles. The fraction of sp³-hybridized carbons (Fsp3) is 0.261. The van der Waals surface area contributed by atoms with Crippen LogP contribution in [0, 0.1) is 11.6 Å². The predicted octanol–water partition coefficient (Wildman–Crippen LogP) is 5.27. The lowest BCUT2D eigenvalue weighted by Crippen LogP contribution is -2.24. The van der Waals surface area contributed by atoms with Crippen LogP contribution in [0.25, 0.3) is 11.3 Å². The summed E-state index contributed by atoms with van der Waals surface area (Å²) in [5.41, 5.74) is 6.37. The standard InChI is InChI=1S/C23H22ClF5N4O4S/c1-38(35,33-21(34)23(27,28)29)12-13-7-15(30)10-16(8-13)36-5-2-6-37-19-9-14(25)3-4-17(19)20-18(26)11-31-22(24)32-20/h3-4,7-11,38H,2,5-6,12,30H2,1H3,(H,33,34,35). The number of nitrogens with two attached hydrogens (primary N) is 1. The van der Waals surface area contributed by atoms with Crippen molar-refractivity contribution in [3.05, 3.63) is 65.1 Å². The zero-order valence-electron chi connectivity index (χ0n) is 19.7. The molecule has 3 rings (SSSR count). The maximum atomic E-state index is 14.2. The molecule has 0 saturated carbocycles. The molecule has 1 aromatic heterocycles. The highest BCUT2D eigenvalue weighted by molar-refractivity contribution is 7.98. The van der Waals surface area contributed by atoms with E-state index in [-0.39, 0.29) is 59.1 Å². The van der Waals surface area contributed by atoms with Crippen molar-refractivity contribution in [3.8, 4) is 22.8 Å². The van der Waals surface area contributed by atoms with Gasteiger partial charge < -0.3 is 19.8 Å². The third-order valence-corrected chi connectivity index (χ3v) is 6.51. The molecule has 8 nitrogen and oxygen atoms in total. The van der Waals surface area contributed by atoms with Gasteiger partial charge in [0.15, 0.2) is 5.82 Å². The van der Waals surface area contributed by atoms with E-state index in [4.69, 9.17) is 26.8 Å². The summed E-state index contributed by atoms with van der Waals surface area (Å²) in [4.78, 5) is 18.5. The Morgan fingerprint density at radius 1 is 1.16 bits per heavy atom. The van der Waals surface area contributed by atoms with Crippen LogP contribution in [0.5, 0.6) is 11.5 Å². The van der Waals surface area contributed by atoms with E-state index in [0.29, 0.717) is 5.56 Å². The number of carbonyl (C=O) groups is 1. The van der Waals surface area contributed by atoms with E-state index in [1.807, 2.05) is 0 Å². The number of aromatic nitrogens is 2. The number of amides is 1. The molecular formula is C23H22ClF5N4O4S. The Kier molecular flexibility index (Phi) is 9.22. The zero-order chi connectivity index (χ0) is 28.1. The maximum absolute atomic E-state index is 14.2. The van der Waals surface area contributed by atoms with E-state index in [0.717, 1.165) is 24.6 Å². The van der Waals surface area contributed by atoms with Gasteiger partial charge in [-0.3, -0.25) is 4.79 Å². The lowest BCUT2D eigenvalue weighted by Gasteiger charge is -2.19. The molecule has 0 radical (unpaired) electrons. The highest BCUT2D eigenvalue weighted by atomic mass is 35.5. The first-order chi connectivity index (χ1) is 17.7. The van der Waals surface area contributed by atoms with Crippen molar-refractivity contribution >= 4 is 33.3 Å². The topological polar surface area (TPSA) is 120 Å². The van der Waals surface area contributed by atoms with Crippen molar-refractivity contribution in [1.82, 2.24) is 9.97 Å². The molecule has 0 aliphatic rings. The first-order valence-corrected chi connectivity index (χ1v) is 13.5. The van der Waals surface area contributed by atoms with Crippen LogP contribution in [0.4, 0.5) is 27.6 Å². The zero-order valence-corrected chi connectivity index (χ0v) is 21.3. The Balaban J connectivity index is 1.62. The van der Waals surface area contributed by atoms with Crippen LogP contribution in [0.1, 0.15) is 12.0 Å². The Morgan fingerprint density at radius 2 is 1.87 bits per heavy atom. The van der Waals surface area contributed by atoms with Crippen LogP contribution in [-0.2, 0) is 20.7 Å². The monoisotopic (exact) mass is 580 g/mol. The molecule has 0 unspecified atom stereocenters. The van der Waals surface area contributed by atoms with E-state index >= 15 is 0 Å². The van der Waals surface area contributed by atoms with Crippen molar-refractivity contribution < 1.29 is 40.8 Å². The number of nitrogens with zero attached hydrogens (tertiary/aromatic N) is 3.